The van der Waals surface area contributed by atoms with E-state index in [-0.39, 0.29) is 11.3 Å². The Hall–Kier alpha value is -0.220. The number of amides is 1. The molecule has 0 aromatic rings. The topological polar surface area (TPSA) is 41.1 Å². The summed E-state index contributed by atoms with van der Waals surface area (Å²) >= 11 is 1.52. The average Bonchev–Trinajstić information content (AvgIpc) is 1.82. The molecule has 4 heteroatoms. The first-order valence-corrected chi connectivity index (χ1v) is 4.20. The van der Waals surface area contributed by atoms with Crippen molar-refractivity contribution in [3.8, 4) is 0 Å². The van der Waals surface area contributed by atoms with Crippen LogP contribution in [-0.2, 0) is 4.79 Å². The molecule has 0 rings (SSSR count). The van der Waals surface area contributed by atoms with Crippen LogP contribution < -0.4 is 10.0 Å². The van der Waals surface area contributed by atoms with Crippen molar-refractivity contribution in [2.24, 2.45) is 0 Å². The molecule has 0 heterocycles. The third-order valence-corrected chi connectivity index (χ3v) is 1.74. The first kappa shape index (κ1) is 9.78. The Kier molecular flexibility index (Phi) is 5.43. The van der Waals surface area contributed by atoms with Gasteiger partial charge in [0.25, 0.3) is 0 Å². The lowest BCUT2D eigenvalue weighted by molar-refractivity contribution is -0.119. The zero-order valence-corrected chi connectivity index (χ0v) is 7.42. The summed E-state index contributed by atoms with van der Waals surface area (Å²) in [6.07, 6.45) is 0. The number of hydrogen-bond donors (Lipinski definition) is 2. The molecule has 0 aliphatic rings. The standard InChI is InChI=1S/C6H14N2OS/c1-4-7-10-6(3)8-5(2)9/h6-7H,4H2,1-3H3,(H,8,9). The minimum absolute atomic E-state index is 0.0119. The van der Waals surface area contributed by atoms with Crippen molar-refractivity contribution >= 4 is 17.9 Å². The highest BCUT2D eigenvalue weighted by Crippen LogP contribution is 1.99. The monoisotopic (exact) mass is 162 g/mol. The van der Waals surface area contributed by atoms with Gasteiger partial charge in [-0.1, -0.05) is 18.9 Å². The second-order valence-corrected chi connectivity index (χ2v) is 3.19. The predicted octanol–water partition coefficient (Wildman–Crippen LogP) is 0.726. The van der Waals surface area contributed by atoms with E-state index in [9.17, 15) is 4.79 Å². The summed E-state index contributed by atoms with van der Waals surface area (Å²) in [5, 5.41) is 2.89. The molecule has 0 radical (unpaired) electrons. The molecule has 0 aliphatic carbocycles. The smallest absolute Gasteiger partial charge is 0.217 e. The van der Waals surface area contributed by atoms with Crippen LogP contribution in [0.25, 0.3) is 0 Å². The third-order valence-electron chi connectivity index (χ3n) is 0.811. The van der Waals surface area contributed by atoms with Gasteiger partial charge in [-0.05, 0) is 6.92 Å². The van der Waals surface area contributed by atoms with Crippen LogP contribution in [-0.4, -0.2) is 17.8 Å². The van der Waals surface area contributed by atoms with Crippen LogP contribution in [0.4, 0.5) is 0 Å². The van der Waals surface area contributed by atoms with Gasteiger partial charge in [-0.2, -0.15) is 0 Å². The molecule has 10 heavy (non-hydrogen) atoms. The summed E-state index contributed by atoms with van der Waals surface area (Å²) in [7, 11) is 0. The molecule has 0 saturated carbocycles. The maximum Gasteiger partial charge on any atom is 0.217 e. The number of nitrogens with one attached hydrogen (secondary N) is 2. The highest BCUT2D eigenvalue weighted by atomic mass is 32.2. The largest absolute Gasteiger partial charge is 0.344 e. The zero-order valence-electron chi connectivity index (χ0n) is 6.60. The summed E-state index contributed by atoms with van der Waals surface area (Å²) < 4.78 is 3.06. The molecule has 0 aliphatic heterocycles. The number of carbonyl (C=O) groups is 1. The van der Waals surface area contributed by atoms with Gasteiger partial charge in [-0.25, -0.2) is 0 Å². The molecule has 1 amide bonds. The minimum atomic E-state index is 0.0119. The summed E-state index contributed by atoms with van der Waals surface area (Å²) in [5.41, 5.74) is 0. The molecule has 0 spiro atoms. The van der Waals surface area contributed by atoms with Crippen LogP contribution >= 0.6 is 11.9 Å². The number of hydrogen-bond acceptors (Lipinski definition) is 3. The summed E-state index contributed by atoms with van der Waals surface area (Å²) in [5.74, 6) is 0.0119. The van der Waals surface area contributed by atoms with Gasteiger partial charge in [0.2, 0.25) is 5.91 Å². The average molecular weight is 162 g/mol. The van der Waals surface area contributed by atoms with E-state index in [0.717, 1.165) is 6.54 Å². The Labute approximate surface area is 66.1 Å². The van der Waals surface area contributed by atoms with Crippen LogP contribution in [0.3, 0.4) is 0 Å². The molecule has 60 valence electrons. The van der Waals surface area contributed by atoms with E-state index >= 15 is 0 Å². The van der Waals surface area contributed by atoms with Crippen molar-refractivity contribution < 1.29 is 4.79 Å². The van der Waals surface area contributed by atoms with Crippen molar-refractivity contribution in [3.63, 3.8) is 0 Å². The lowest BCUT2D eigenvalue weighted by atomic mass is 10.6. The fraction of sp³-hybridized carbons (Fsp3) is 0.833. The Morgan fingerprint density at radius 3 is 2.70 bits per heavy atom. The Bertz CT molecular complexity index is 108. The van der Waals surface area contributed by atoms with Gasteiger partial charge in [-0.15, -0.1) is 0 Å². The highest BCUT2D eigenvalue weighted by molar-refractivity contribution is 7.97. The second-order valence-electron chi connectivity index (χ2n) is 1.96. The van der Waals surface area contributed by atoms with E-state index in [1.54, 1.807) is 0 Å². The van der Waals surface area contributed by atoms with Crippen molar-refractivity contribution in [2.45, 2.75) is 26.1 Å². The van der Waals surface area contributed by atoms with E-state index in [1.807, 2.05) is 13.8 Å². The van der Waals surface area contributed by atoms with Gasteiger partial charge >= 0.3 is 0 Å². The van der Waals surface area contributed by atoms with Gasteiger partial charge in [0, 0.05) is 13.5 Å². The van der Waals surface area contributed by atoms with E-state index in [4.69, 9.17) is 0 Å². The molecular weight excluding hydrogens is 148 g/mol. The number of rotatable bonds is 4. The van der Waals surface area contributed by atoms with Crippen molar-refractivity contribution in [1.82, 2.24) is 10.0 Å². The van der Waals surface area contributed by atoms with Crippen LogP contribution in [0.2, 0.25) is 0 Å². The Morgan fingerprint density at radius 1 is 1.70 bits per heavy atom. The van der Waals surface area contributed by atoms with Crippen LogP contribution in [0.5, 0.6) is 0 Å². The zero-order chi connectivity index (χ0) is 7.98. The van der Waals surface area contributed by atoms with Gasteiger partial charge < -0.3 is 5.32 Å². The highest BCUT2D eigenvalue weighted by Gasteiger charge is 2.00. The maximum absolute atomic E-state index is 10.5. The normalized spacial score (nSPS) is 12.7. The van der Waals surface area contributed by atoms with Gasteiger partial charge in [0.15, 0.2) is 0 Å². The van der Waals surface area contributed by atoms with Gasteiger partial charge in [0.05, 0.1) is 5.37 Å². The minimum Gasteiger partial charge on any atom is -0.344 e. The first-order chi connectivity index (χ1) is 4.66. The van der Waals surface area contributed by atoms with Crippen LogP contribution in [0.1, 0.15) is 20.8 Å². The molecule has 0 saturated heterocycles. The molecule has 0 aromatic carbocycles. The predicted molar refractivity (Wildman–Crippen MR) is 44.5 cm³/mol. The molecule has 2 N–H and O–H groups in total. The summed E-state index contributed by atoms with van der Waals surface area (Å²) in [4.78, 5) is 10.5. The Morgan fingerprint density at radius 2 is 2.30 bits per heavy atom. The SMILES string of the molecule is CCNSC(C)NC(C)=O. The Balaban J connectivity index is 3.25. The molecule has 3 nitrogen and oxygen atoms in total. The third kappa shape index (κ3) is 5.91. The van der Waals surface area contributed by atoms with E-state index in [0.29, 0.717) is 0 Å². The van der Waals surface area contributed by atoms with Crippen molar-refractivity contribution in [2.75, 3.05) is 6.54 Å². The molecular formula is C6H14N2OS. The summed E-state index contributed by atoms with van der Waals surface area (Å²) in [6, 6.07) is 0. The molecule has 0 fully saturated rings. The lowest BCUT2D eigenvalue weighted by Crippen LogP contribution is -2.29. The molecule has 1 unspecified atom stereocenters. The second kappa shape index (κ2) is 5.56. The van der Waals surface area contributed by atoms with E-state index < -0.39 is 0 Å². The number of carbonyl (C=O) groups excluding carboxylic acids is 1. The molecule has 0 aromatic heterocycles. The lowest BCUT2D eigenvalue weighted by Gasteiger charge is -2.10. The van der Waals surface area contributed by atoms with E-state index in [1.165, 1.54) is 18.9 Å². The molecule has 1 atom stereocenters. The first-order valence-electron chi connectivity index (χ1n) is 3.32. The summed E-state index contributed by atoms with van der Waals surface area (Å²) in [6.45, 7) is 6.39. The van der Waals surface area contributed by atoms with E-state index in [2.05, 4.69) is 10.0 Å². The fourth-order valence-electron chi connectivity index (χ4n) is 0.524. The van der Waals surface area contributed by atoms with Gasteiger partial charge in [-0.3, -0.25) is 9.52 Å². The molecule has 0 bridgehead atoms. The van der Waals surface area contributed by atoms with Gasteiger partial charge in [0.1, 0.15) is 0 Å². The van der Waals surface area contributed by atoms with Crippen LogP contribution in [0.15, 0.2) is 0 Å². The van der Waals surface area contributed by atoms with Crippen LogP contribution in [0, 0.1) is 0 Å². The quantitative estimate of drug-likeness (QED) is 0.473. The van der Waals surface area contributed by atoms with Crippen molar-refractivity contribution in [3.05, 3.63) is 0 Å². The maximum atomic E-state index is 10.5. The van der Waals surface area contributed by atoms with Crippen molar-refractivity contribution in [1.29, 1.82) is 0 Å². The fourth-order valence-corrected chi connectivity index (χ4v) is 1.17.